The summed E-state index contributed by atoms with van der Waals surface area (Å²) in [6, 6.07) is 5.77. The van der Waals surface area contributed by atoms with E-state index in [-0.39, 0.29) is 17.0 Å². The molecule has 1 aromatic carbocycles. The van der Waals surface area contributed by atoms with Crippen molar-refractivity contribution in [2.75, 3.05) is 6.54 Å². The fraction of sp³-hybridized carbons (Fsp3) is 0.333. The molecule has 26 heavy (non-hydrogen) atoms. The van der Waals surface area contributed by atoms with Crippen LogP contribution in [0.2, 0.25) is 0 Å². The van der Waals surface area contributed by atoms with Crippen molar-refractivity contribution in [3.63, 3.8) is 0 Å². The molecule has 4 rings (SSSR count). The summed E-state index contributed by atoms with van der Waals surface area (Å²) >= 11 is 0. The van der Waals surface area contributed by atoms with Crippen molar-refractivity contribution in [3.05, 3.63) is 56.7 Å². The monoisotopic (exact) mass is 373 g/mol. The van der Waals surface area contributed by atoms with Gasteiger partial charge in [0.1, 0.15) is 10.6 Å². The Hall–Kier alpha value is -2.45. The first-order chi connectivity index (χ1) is 12.3. The third kappa shape index (κ3) is 2.57. The number of benzene rings is 1. The lowest BCUT2D eigenvalue weighted by Crippen LogP contribution is -2.36. The highest BCUT2D eigenvalue weighted by Crippen LogP contribution is 2.30. The topological polar surface area (TPSA) is 96.3 Å². The van der Waals surface area contributed by atoms with E-state index >= 15 is 0 Å². The summed E-state index contributed by atoms with van der Waals surface area (Å²) in [6.07, 6.45) is 0.617. The van der Waals surface area contributed by atoms with E-state index in [1.807, 2.05) is 18.2 Å². The largest absolute Gasteiger partial charge is 0.360 e. The Morgan fingerprint density at radius 2 is 1.92 bits per heavy atom. The number of nitrogens with zero attached hydrogens (tertiary/aromatic N) is 2. The standard InChI is InChI=1S/C18H19N3O4S/c1-10-6-14-7-13-4-5-21(9-15(13)8-16(14)19-18(10)22)26(23,24)17-11(2)20-25-12(17)3/h6-8H,4-5,9H2,1-3H3,(H,19,22). The Balaban J connectivity index is 1.77. The van der Waals surface area contributed by atoms with Crippen molar-refractivity contribution in [2.24, 2.45) is 0 Å². The van der Waals surface area contributed by atoms with Gasteiger partial charge in [0.2, 0.25) is 10.0 Å². The molecule has 1 N–H and O–H groups in total. The normalized spacial score (nSPS) is 15.3. The maximum Gasteiger partial charge on any atom is 0.251 e. The van der Waals surface area contributed by atoms with Crippen LogP contribution in [0, 0.1) is 20.8 Å². The number of nitrogens with one attached hydrogen (secondary N) is 1. The van der Waals surface area contributed by atoms with Gasteiger partial charge in [-0.1, -0.05) is 5.16 Å². The quantitative estimate of drug-likeness (QED) is 0.743. The number of rotatable bonds is 2. The zero-order valence-electron chi connectivity index (χ0n) is 14.8. The van der Waals surface area contributed by atoms with E-state index in [1.54, 1.807) is 20.8 Å². The minimum Gasteiger partial charge on any atom is -0.360 e. The molecule has 0 radical (unpaired) electrons. The van der Waals surface area contributed by atoms with Crippen molar-refractivity contribution in [1.82, 2.24) is 14.4 Å². The minimum atomic E-state index is -3.69. The van der Waals surface area contributed by atoms with Crippen LogP contribution in [0.3, 0.4) is 0 Å². The maximum atomic E-state index is 13.0. The molecule has 1 aliphatic heterocycles. The lowest BCUT2D eigenvalue weighted by atomic mass is 9.98. The van der Waals surface area contributed by atoms with E-state index in [1.165, 1.54) is 4.31 Å². The maximum absolute atomic E-state index is 13.0. The van der Waals surface area contributed by atoms with Gasteiger partial charge in [-0.15, -0.1) is 0 Å². The smallest absolute Gasteiger partial charge is 0.251 e. The van der Waals surface area contributed by atoms with Gasteiger partial charge in [-0.3, -0.25) is 4.79 Å². The molecule has 0 unspecified atom stereocenters. The van der Waals surface area contributed by atoms with Gasteiger partial charge in [0.05, 0.1) is 0 Å². The van der Waals surface area contributed by atoms with Crippen LogP contribution in [0.1, 0.15) is 28.1 Å². The SMILES string of the molecule is Cc1noc(C)c1S(=O)(=O)N1CCc2cc3cc(C)c(=O)[nH]c3cc2C1. The summed E-state index contributed by atoms with van der Waals surface area (Å²) in [7, 11) is -3.69. The lowest BCUT2D eigenvalue weighted by molar-refractivity contribution is 0.382. The van der Waals surface area contributed by atoms with Gasteiger partial charge >= 0.3 is 0 Å². The molecule has 0 bridgehead atoms. The van der Waals surface area contributed by atoms with Crippen LogP contribution >= 0.6 is 0 Å². The van der Waals surface area contributed by atoms with Crippen molar-refractivity contribution >= 4 is 20.9 Å². The lowest BCUT2D eigenvalue weighted by Gasteiger charge is -2.28. The highest BCUT2D eigenvalue weighted by molar-refractivity contribution is 7.89. The minimum absolute atomic E-state index is 0.131. The molecule has 8 heteroatoms. The molecule has 1 aliphatic rings. The summed E-state index contributed by atoms with van der Waals surface area (Å²) in [5, 5.41) is 4.72. The number of aromatic nitrogens is 2. The Morgan fingerprint density at radius 1 is 1.15 bits per heavy atom. The molecular weight excluding hydrogens is 354 g/mol. The number of H-pyrrole nitrogens is 1. The Morgan fingerprint density at radius 3 is 2.62 bits per heavy atom. The van der Waals surface area contributed by atoms with Crippen molar-refractivity contribution in [2.45, 2.75) is 38.6 Å². The second-order valence-electron chi connectivity index (χ2n) is 6.73. The molecule has 0 saturated heterocycles. The van der Waals surface area contributed by atoms with Crippen LogP contribution < -0.4 is 5.56 Å². The summed E-state index contributed by atoms with van der Waals surface area (Å²) in [5.74, 6) is 0.298. The fourth-order valence-corrected chi connectivity index (χ4v) is 5.24. The number of aryl methyl sites for hydroxylation is 3. The van der Waals surface area contributed by atoms with Gasteiger partial charge < -0.3 is 9.51 Å². The van der Waals surface area contributed by atoms with Gasteiger partial charge in [0, 0.05) is 24.2 Å². The van der Waals surface area contributed by atoms with Gasteiger partial charge in [0.15, 0.2) is 5.76 Å². The van der Waals surface area contributed by atoms with Crippen LogP contribution in [0.15, 0.2) is 32.4 Å². The molecule has 0 spiro atoms. The molecule has 2 aromatic heterocycles. The molecule has 136 valence electrons. The van der Waals surface area contributed by atoms with Gasteiger partial charge in [-0.05, 0) is 61.9 Å². The predicted molar refractivity (Wildman–Crippen MR) is 96.6 cm³/mol. The van der Waals surface area contributed by atoms with Crippen molar-refractivity contribution in [1.29, 1.82) is 0 Å². The summed E-state index contributed by atoms with van der Waals surface area (Å²) in [6.45, 7) is 5.66. The first-order valence-electron chi connectivity index (χ1n) is 8.36. The molecule has 0 fully saturated rings. The van der Waals surface area contributed by atoms with Crippen LogP contribution in [-0.4, -0.2) is 29.4 Å². The van der Waals surface area contributed by atoms with Gasteiger partial charge in [0.25, 0.3) is 5.56 Å². The van der Waals surface area contributed by atoms with E-state index in [4.69, 9.17) is 4.52 Å². The molecule has 0 amide bonds. The van der Waals surface area contributed by atoms with Crippen LogP contribution in [-0.2, 0) is 23.0 Å². The Kier molecular flexibility index (Phi) is 3.78. The number of aromatic amines is 1. The van der Waals surface area contributed by atoms with Gasteiger partial charge in [-0.25, -0.2) is 8.42 Å². The van der Waals surface area contributed by atoms with Crippen LogP contribution in [0.4, 0.5) is 0 Å². The molecule has 0 aliphatic carbocycles. The van der Waals surface area contributed by atoms with Gasteiger partial charge in [-0.2, -0.15) is 4.31 Å². The second-order valence-corrected chi connectivity index (χ2v) is 8.61. The number of fused-ring (bicyclic) bond motifs is 2. The summed E-state index contributed by atoms with van der Waals surface area (Å²) in [4.78, 5) is 14.9. The average Bonchev–Trinajstić information content (AvgIpc) is 2.93. The van der Waals surface area contributed by atoms with E-state index in [0.29, 0.717) is 30.0 Å². The first kappa shape index (κ1) is 17.0. The molecule has 3 aromatic rings. The number of hydrogen-bond donors (Lipinski definition) is 1. The number of hydrogen-bond acceptors (Lipinski definition) is 5. The zero-order valence-corrected chi connectivity index (χ0v) is 15.6. The van der Waals surface area contributed by atoms with E-state index in [9.17, 15) is 13.2 Å². The Bertz CT molecular complexity index is 1170. The fourth-order valence-electron chi connectivity index (χ4n) is 3.53. The predicted octanol–water partition coefficient (Wildman–Crippen LogP) is 2.19. The molecule has 0 saturated carbocycles. The van der Waals surface area contributed by atoms with Crippen LogP contribution in [0.5, 0.6) is 0 Å². The zero-order chi connectivity index (χ0) is 18.6. The average molecular weight is 373 g/mol. The molecule has 3 heterocycles. The molecule has 7 nitrogen and oxygen atoms in total. The number of sulfonamides is 1. The highest BCUT2D eigenvalue weighted by atomic mass is 32.2. The molecule has 0 atom stereocenters. The number of pyridine rings is 1. The third-order valence-electron chi connectivity index (χ3n) is 4.89. The van der Waals surface area contributed by atoms with E-state index in [2.05, 4.69) is 10.1 Å². The van der Waals surface area contributed by atoms with E-state index < -0.39 is 10.0 Å². The van der Waals surface area contributed by atoms with E-state index in [0.717, 1.165) is 22.0 Å². The second kappa shape index (κ2) is 5.78. The Labute approximate surface area is 150 Å². The summed E-state index contributed by atoms with van der Waals surface area (Å²) in [5.41, 5.74) is 3.62. The summed E-state index contributed by atoms with van der Waals surface area (Å²) < 4.78 is 32.5. The van der Waals surface area contributed by atoms with Crippen molar-refractivity contribution in [3.8, 4) is 0 Å². The first-order valence-corrected chi connectivity index (χ1v) is 9.80. The highest BCUT2D eigenvalue weighted by Gasteiger charge is 2.33. The molecular formula is C18H19N3O4S. The van der Waals surface area contributed by atoms with Crippen molar-refractivity contribution < 1.29 is 12.9 Å². The van der Waals surface area contributed by atoms with Crippen LogP contribution in [0.25, 0.3) is 10.9 Å². The third-order valence-corrected chi connectivity index (χ3v) is 6.98.